The van der Waals surface area contributed by atoms with Crippen LogP contribution in [-0.4, -0.2) is 25.7 Å². The Bertz CT molecular complexity index is 108. The van der Waals surface area contributed by atoms with E-state index in [-0.39, 0.29) is 0 Å². The Kier molecular flexibility index (Phi) is 4.24. The highest BCUT2D eigenvalue weighted by Crippen LogP contribution is 2.17. The number of rotatable bonds is 7. The molecule has 2 nitrogen and oxygen atoms in total. The Balaban J connectivity index is 1.69. The van der Waals surface area contributed by atoms with Crippen molar-refractivity contribution in [3.8, 4) is 0 Å². The fourth-order valence-corrected chi connectivity index (χ4v) is 0.981. The second-order valence-corrected chi connectivity index (χ2v) is 3.06. The van der Waals surface area contributed by atoms with Crippen LogP contribution in [0.1, 0.15) is 19.3 Å². The van der Waals surface area contributed by atoms with Gasteiger partial charge in [0.15, 0.2) is 0 Å². The molecule has 0 bridgehead atoms. The number of hydrogen-bond donors (Lipinski definition) is 2. The summed E-state index contributed by atoms with van der Waals surface area (Å²) in [6.45, 7) is 6.93. The largest absolute Gasteiger partial charge is 0.315 e. The van der Waals surface area contributed by atoms with Gasteiger partial charge < -0.3 is 10.6 Å². The third-order valence-corrected chi connectivity index (χ3v) is 1.84. The van der Waals surface area contributed by atoms with Gasteiger partial charge in [0.2, 0.25) is 0 Å². The average Bonchev–Trinajstić information content (AvgIpc) is 2.80. The maximum atomic E-state index is 3.66. The molecule has 0 atom stereocenters. The lowest BCUT2D eigenvalue weighted by molar-refractivity contribution is 0.612. The Hall–Kier alpha value is -0.340. The zero-order valence-electron chi connectivity index (χ0n) is 7.10. The van der Waals surface area contributed by atoms with Gasteiger partial charge in [-0.25, -0.2) is 0 Å². The van der Waals surface area contributed by atoms with E-state index >= 15 is 0 Å². The molecule has 0 saturated heterocycles. The lowest BCUT2D eigenvalue weighted by atomic mass is 10.4. The van der Waals surface area contributed by atoms with Crippen LogP contribution in [0.25, 0.3) is 0 Å². The SMILES string of the molecule is C=CCCNCCNC1CC1. The Morgan fingerprint density at radius 2 is 2.09 bits per heavy atom. The molecule has 2 N–H and O–H groups in total. The van der Waals surface area contributed by atoms with Crippen molar-refractivity contribution in [3.63, 3.8) is 0 Å². The number of nitrogens with one attached hydrogen (secondary N) is 2. The van der Waals surface area contributed by atoms with E-state index in [0.29, 0.717) is 0 Å². The summed E-state index contributed by atoms with van der Waals surface area (Å²) >= 11 is 0. The van der Waals surface area contributed by atoms with Crippen molar-refractivity contribution in [3.05, 3.63) is 12.7 Å². The molecule has 0 heterocycles. The van der Waals surface area contributed by atoms with E-state index in [1.165, 1.54) is 12.8 Å². The first-order valence-electron chi connectivity index (χ1n) is 4.48. The van der Waals surface area contributed by atoms with Gasteiger partial charge in [-0.2, -0.15) is 0 Å². The first-order chi connectivity index (χ1) is 5.43. The van der Waals surface area contributed by atoms with Gasteiger partial charge in [0.1, 0.15) is 0 Å². The summed E-state index contributed by atoms with van der Waals surface area (Å²) < 4.78 is 0. The first-order valence-corrected chi connectivity index (χ1v) is 4.48. The van der Waals surface area contributed by atoms with Crippen molar-refractivity contribution in [1.82, 2.24) is 10.6 Å². The van der Waals surface area contributed by atoms with Crippen LogP contribution >= 0.6 is 0 Å². The summed E-state index contributed by atoms with van der Waals surface area (Å²) in [5.74, 6) is 0. The average molecular weight is 154 g/mol. The van der Waals surface area contributed by atoms with Crippen molar-refractivity contribution in [2.24, 2.45) is 0 Å². The fraction of sp³-hybridized carbons (Fsp3) is 0.778. The molecule has 1 fully saturated rings. The van der Waals surface area contributed by atoms with Gasteiger partial charge in [-0.1, -0.05) is 6.08 Å². The second-order valence-electron chi connectivity index (χ2n) is 3.06. The minimum atomic E-state index is 0.844. The zero-order valence-corrected chi connectivity index (χ0v) is 7.10. The number of hydrogen-bond acceptors (Lipinski definition) is 2. The van der Waals surface area contributed by atoms with E-state index in [1.54, 1.807) is 0 Å². The molecule has 0 unspecified atom stereocenters. The molecule has 1 aliphatic carbocycles. The summed E-state index contributed by atoms with van der Waals surface area (Å²) in [5.41, 5.74) is 0. The van der Waals surface area contributed by atoms with Crippen molar-refractivity contribution in [2.45, 2.75) is 25.3 Å². The third kappa shape index (κ3) is 4.99. The molecule has 0 aromatic rings. The smallest absolute Gasteiger partial charge is 0.00793 e. The van der Waals surface area contributed by atoms with Crippen LogP contribution in [0, 0.1) is 0 Å². The van der Waals surface area contributed by atoms with Gasteiger partial charge in [0.05, 0.1) is 0 Å². The lowest BCUT2D eigenvalue weighted by Crippen LogP contribution is -2.28. The second kappa shape index (κ2) is 5.33. The molecule has 0 radical (unpaired) electrons. The molecule has 0 spiro atoms. The minimum Gasteiger partial charge on any atom is -0.315 e. The molecular formula is C9H18N2. The highest BCUT2D eigenvalue weighted by molar-refractivity contribution is 4.80. The van der Waals surface area contributed by atoms with Crippen LogP contribution < -0.4 is 10.6 Å². The highest BCUT2D eigenvalue weighted by atomic mass is 15.0. The maximum Gasteiger partial charge on any atom is 0.00793 e. The summed E-state index contributed by atoms with van der Waals surface area (Å²) in [4.78, 5) is 0. The molecule has 2 heteroatoms. The zero-order chi connectivity index (χ0) is 7.94. The van der Waals surface area contributed by atoms with Crippen LogP contribution in [0.5, 0.6) is 0 Å². The van der Waals surface area contributed by atoms with Crippen molar-refractivity contribution in [2.75, 3.05) is 19.6 Å². The van der Waals surface area contributed by atoms with E-state index < -0.39 is 0 Å². The molecule has 0 amide bonds. The lowest BCUT2D eigenvalue weighted by Gasteiger charge is -2.03. The molecule has 11 heavy (non-hydrogen) atoms. The van der Waals surface area contributed by atoms with E-state index in [9.17, 15) is 0 Å². The van der Waals surface area contributed by atoms with Gasteiger partial charge in [-0.3, -0.25) is 0 Å². The van der Waals surface area contributed by atoms with Gasteiger partial charge in [-0.05, 0) is 25.8 Å². The first kappa shape index (κ1) is 8.75. The van der Waals surface area contributed by atoms with Crippen LogP contribution in [0.3, 0.4) is 0 Å². The highest BCUT2D eigenvalue weighted by Gasteiger charge is 2.19. The Labute approximate surface area is 69.1 Å². The summed E-state index contributed by atoms with van der Waals surface area (Å²) in [6.07, 6.45) is 5.78. The maximum absolute atomic E-state index is 3.66. The summed E-state index contributed by atoms with van der Waals surface area (Å²) in [7, 11) is 0. The van der Waals surface area contributed by atoms with Crippen molar-refractivity contribution >= 4 is 0 Å². The normalized spacial score (nSPS) is 16.7. The van der Waals surface area contributed by atoms with Crippen LogP contribution in [0.4, 0.5) is 0 Å². The Morgan fingerprint density at radius 1 is 1.27 bits per heavy atom. The van der Waals surface area contributed by atoms with Crippen LogP contribution in [0.15, 0.2) is 12.7 Å². The van der Waals surface area contributed by atoms with Crippen LogP contribution in [0.2, 0.25) is 0 Å². The van der Waals surface area contributed by atoms with Crippen LogP contribution in [-0.2, 0) is 0 Å². The predicted octanol–water partition coefficient (Wildman–Crippen LogP) is 0.904. The molecule has 1 rings (SSSR count). The van der Waals surface area contributed by atoms with Gasteiger partial charge in [0, 0.05) is 19.1 Å². The fourth-order valence-electron chi connectivity index (χ4n) is 0.981. The topological polar surface area (TPSA) is 24.1 Å². The molecule has 0 aliphatic heterocycles. The van der Waals surface area contributed by atoms with E-state index in [1.807, 2.05) is 6.08 Å². The summed E-state index contributed by atoms with van der Waals surface area (Å²) in [5, 5.41) is 6.78. The third-order valence-electron chi connectivity index (χ3n) is 1.84. The molecule has 64 valence electrons. The van der Waals surface area contributed by atoms with E-state index in [0.717, 1.165) is 32.1 Å². The minimum absolute atomic E-state index is 0.844. The molecular weight excluding hydrogens is 136 g/mol. The van der Waals surface area contributed by atoms with Gasteiger partial charge in [-0.15, -0.1) is 6.58 Å². The molecule has 0 aromatic heterocycles. The van der Waals surface area contributed by atoms with Gasteiger partial charge in [0.25, 0.3) is 0 Å². The predicted molar refractivity (Wildman–Crippen MR) is 48.7 cm³/mol. The standard InChI is InChI=1S/C9H18N2/c1-2-3-6-10-7-8-11-9-4-5-9/h2,9-11H,1,3-8H2. The monoisotopic (exact) mass is 154 g/mol. The summed E-state index contributed by atoms with van der Waals surface area (Å²) in [6, 6.07) is 0.844. The van der Waals surface area contributed by atoms with Crippen molar-refractivity contribution < 1.29 is 0 Å². The van der Waals surface area contributed by atoms with Gasteiger partial charge >= 0.3 is 0 Å². The van der Waals surface area contributed by atoms with E-state index in [2.05, 4.69) is 17.2 Å². The Morgan fingerprint density at radius 3 is 2.73 bits per heavy atom. The van der Waals surface area contributed by atoms with Crippen molar-refractivity contribution in [1.29, 1.82) is 0 Å². The molecule has 0 aromatic carbocycles. The quantitative estimate of drug-likeness (QED) is 0.420. The van der Waals surface area contributed by atoms with E-state index in [4.69, 9.17) is 0 Å². The molecule has 1 aliphatic rings. The molecule has 1 saturated carbocycles.